The van der Waals surface area contributed by atoms with E-state index in [-0.39, 0.29) is 17.9 Å². The third-order valence-electron chi connectivity index (χ3n) is 5.34. The van der Waals surface area contributed by atoms with Crippen molar-refractivity contribution in [3.05, 3.63) is 68.5 Å². The molecule has 5 nitrogen and oxygen atoms in total. The Balaban J connectivity index is 1.68. The van der Waals surface area contributed by atoms with Crippen molar-refractivity contribution >= 4 is 34.2 Å². The van der Waals surface area contributed by atoms with E-state index in [1.54, 1.807) is 30.3 Å². The molecule has 2 heterocycles. The molecule has 29 heavy (non-hydrogen) atoms. The highest BCUT2D eigenvalue weighted by Gasteiger charge is 2.27. The molecule has 1 aliphatic rings. The summed E-state index contributed by atoms with van der Waals surface area (Å²) in [4.78, 5) is 25.1. The van der Waals surface area contributed by atoms with Gasteiger partial charge < -0.3 is 14.5 Å². The number of carbonyl (C=O) groups is 1. The molecule has 1 aliphatic heterocycles. The number of aryl methyl sites for hydroxylation is 2. The van der Waals surface area contributed by atoms with E-state index in [9.17, 15) is 9.59 Å². The second-order valence-corrected chi connectivity index (χ2v) is 8.42. The fourth-order valence-electron chi connectivity index (χ4n) is 3.66. The molecule has 150 valence electrons. The lowest BCUT2D eigenvalue weighted by atomic mass is 9.92. The summed E-state index contributed by atoms with van der Waals surface area (Å²) in [5.74, 6) is 0.427. The van der Waals surface area contributed by atoms with E-state index in [4.69, 9.17) is 20.8 Å². The van der Waals surface area contributed by atoms with Crippen LogP contribution in [0, 0.1) is 6.92 Å². The molecule has 6 heteroatoms. The van der Waals surface area contributed by atoms with Gasteiger partial charge in [-0.2, -0.15) is 0 Å². The van der Waals surface area contributed by atoms with Crippen LogP contribution in [0.1, 0.15) is 37.0 Å². The maximum absolute atomic E-state index is 12.6. The van der Waals surface area contributed by atoms with E-state index in [0.717, 1.165) is 35.1 Å². The number of carbonyl (C=O) groups excluding carboxylic acids is 1. The first-order valence-electron chi connectivity index (χ1n) is 9.56. The van der Waals surface area contributed by atoms with Crippen molar-refractivity contribution in [2.24, 2.45) is 0 Å². The number of halogens is 1. The van der Waals surface area contributed by atoms with Crippen molar-refractivity contribution in [2.75, 3.05) is 5.32 Å². The number of hydrogen-bond donors (Lipinski definition) is 1. The van der Waals surface area contributed by atoms with Crippen LogP contribution in [-0.4, -0.2) is 11.5 Å². The van der Waals surface area contributed by atoms with Gasteiger partial charge in [-0.1, -0.05) is 23.7 Å². The van der Waals surface area contributed by atoms with Crippen LogP contribution in [0.5, 0.6) is 5.75 Å². The summed E-state index contributed by atoms with van der Waals surface area (Å²) in [5.41, 5.74) is 2.40. The van der Waals surface area contributed by atoms with Gasteiger partial charge in [0, 0.05) is 11.5 Å². The number of ether oxygens (including phenoxy) is 1. The van der Waals surface area contributed by atoms with Crippen molar-refractivity contribution in [2.45, 2.75) is 45.6 Å². The summed E-state index contributed by atoms with van der Waals surface area (Å²) in [6.45, 7) is 5.93. The lowest BCUT2D eigenvalue weighted by Gasteiger charge is -2.32. The van der Waals surface area contributed by atoms with Gasteiger partial charge in [0.05, 0.1) is 22.7 Å². The van der Waals surface area contributed by atoms with E-state index in [1.165, 1.54) is 0 Å². The first-order valence-corrected chi connectivity index (χ1v) is 9.94. The second-order valence-electron chi connectivity index (χ2n) is 8.02. The molecule has 0 atom stereocenters. The first-order chi connectivity index (χ1) is 13.7. The highest BCUT2D eigenvalue weighted by molar-refractivity contribution is 6.33. The van der Waals surface area contributed by atoms with Crippen molar-refractivity contribution in [3.63, 3.8) is 0 Å². The molecular weight excluding hydrogens is 390 g/mol. The molecule has 0 saturated carbocycles. The molecule has 0 saturated heterocycles. The fourth-order valence-corrected chi connectivity index (χ4v) is 3.84. The van der Waals surface area contributed by atoms with E-state index >= 15 is 0 Å². The maximum atomic E-state index is 12.6. The van der Waals surface area contributed by atoms with Gasteiger partial charge in [0.2, 0.25) is 5.91 Å². The number of para-hydroxylation sites is 1. The minimum absolute atomic E-state index is 0.0874. The van der Waals surface area contributed by atoms with E-state index in [1.807, 2.05) is 26.8 Å². The molecule has 0 bridgehead atoms. The van der Waals surface area contributed by atoms with Crippen molar-refractivity contribution < 1.29 is 13.9 Å². The Kier molecular flexibility index (Phi) is 4.87. The van der Waals surface area contributed by atoms with Gasteiger partial charge in [-0.15, -0.1) is 0 Å². The van der Waals surface area contributed by atoms with Gasteiger partial charge in [-0.25, -0.2) is 4.79 Å². The number of rotatable bonds is 3. The number of amides is 1. The SMILES string of the molecule is Cc1c(CC(=O)Nc2ccccc2Cl)c(=O)oc2cc3c(cc12)CCC(C)(C)O3. The quantitative estimate of drug-likeness (QED) is 0.613. The molecule has 2 aromatic carbocycles. The third-order valence-corrected chi connectivity index (χ3v) is 5.67. The fraction of sp³-hybridized carbons (Fsp3) is 0.304. The van der Waals surface area contributed by atoms with Crippen LogP contribution in [0.4, 0.5) is 5.69 Å². The molecule has 3 aromatic rings. The lowest BCUT2D eigenvalue weighted by molar-refractivity contribution is -0.115. The maximum Gasteiger partial charge on any atom is 0.340 e. The monoisotopic (exact) mass is 411 g/mol. The molecular formula is C23H22ClNO4. The molecule has 4 rings (SSSR count). The van der Waals surface area contributed by atoms with Gasteiger partial charge >= 0.3 is 5.63 Å². The molecule has 1 N–H and O–H groups in total. The Morgan fingerprint density at radius 3 is 2.76 bits per heavy atom. The average molecular weight is 412 g/mol. The van der Waals surface area contributed by atoms with Crippen LogP contribution >= 0.6 is 11.6 Å². The zero-order chi connectivity index (χ0) is 20.8. The van der Waals surface area contributed by atoms with Crippen LogP contribution in [0.3, 0.4) is 0 Å². The smallest absolute Gasteiger partial charge is 0.340 e. The van der Waals surface area contributed by atoms with Crippen LogP contribution in [0.25, 0.3) is 11.0 Å². The summed E-state index contributed by atoms with van der Waals surface area (Å²) in [6, 6.07) is 10.8. The highest BCUT2D eigenvalue weighted by atomic mass is 35.5. The molecule has 1 aromatic heterocycles. The number of hydrogen-bond acceptors (Lipinski definition) is 4. The van der Waals surface area contributed by atoms with Gasteiger partial charge in [-0.05, 0) is 62.9 Å². The third kappa shape index (κ3) is 3.87. The topological polar surface area (TPSA) is 68.5 Å². The summed E-state index contributed by atoms with van der Waals surface area (Å²) in [5, 5.41) is 4.02. The van der Waals surface area contributed by atoms with Gasteiger partial charge in [0.25, 0.3) is 0 Å². The molecule has 0 spiro atoms. The normalized spacial score (nSPS) is 14.9. The summed E-state index contributed by atoms with van der Waals surface area (Å²) >= 11 is 6.09. The first kappa shape index (κ1) is 19.5. The van der Waals surface area contributed by atoms with Crippen molar-refractivity contribution in [1.29, 1.82) is 0 Å². The summed E-state index contributed by atoms with van der Waals surface area (Å²) in [7, 11) is 0. The molecule has 0 fully saturated rings. The molecule has 1 amide bonds. The molecule has 0 aliphatic carbocycles. The van der Waals surface area contributed by atoms with E-state index < -0.39 is 5.63 Å². The second kappa shape index (κ2) is 7.23. The highest BCUT2D eigenvalue weighted by Crippen LogP contribution is 2.36. The van der Waals surface area contributed by atoms with Gasteiger partial charge in [-0.3, -0.25) is 4.79 Å². The van der Waals surface area contributed by atoms with Crippen LogP contribution in [0.2, 0.25) is 5.02 Å². The standard InChI is InChI=1S/C23H22ClNO4/c1-13-15-10-14-8-9-23(2,3)29-19(14)12-20(15)28-22(27)16(13)11-21(26)25-18-7-5-4-6-17(18)24/h4-7,10,12H,8-9,11H2,1-3H3,(H,25,26). The minimum atomic E-state index is -0.515. The summed E-state index contributed by atoms with van der Waals surface area (Å²) in [6.07, 6.45) is 1.71. The van der Waals surface area contributed by atoms with E-state index in [2.05, 4.69) is 5.32 Å². The van der Waals surface area contributed by atoms with Gasteiger partial charge in [0.15, 0.2) is 0 Å². The van der Waals surface area contributed by atoms with Crippen LogP contribution < -0.4 is 15.7 Å². The zero-order valence-corrected chi connectivity index (χ0v) is 17.4. The average Bonchev–Trinajstić information content (AvgIpc) is 2.65. The van der Waals surface area contributed by atoms with Crippen LogP contribution in [0.15, 0.2) is 45.6 Å². The van der Waals surface area contributed by atoms with E-state index in [0.29, 0.717) is 21.9 Å². The predicted molar refractivity (Wildman–Crippen MR) is 114 cm³/mol. The number of nitrogens with one attached hydrogen (secondary N) is 1. The summed E-state index contributed by atoms with van der Waals surface area (Å²) < 4.78 is 11.6. The Morgan fingerprint density at radius 2 is 2.00 bits per heavy atom. The van der Waals surface area contributed by atoms with Gasteiger partial charge in [0.1, 0.15) is 16.9 Å². The molecule has 0 unspecified atom stereocenters. The Bertz CT molecular complexity index is 1180. The van der Waals surface area contributed by atoms with Crippen molar-refractivity contribution in [3.8, 4) is 5.75 Å². The Labute approximate surface area is 173 Å². The molecule has 0 radical (unpaired) electrons. The number of benzene rings is 2. The predicted octanol–water partition coefficient (Wildman–Crippen LogP) is 5.04. The Hall–Kier alpha value is -2.79. The number of anilines is 1. The van der Waals surface area contributed by atoms with Crippen molar-refractivity contribution in [1.82, 2.24) is 0 Å². The largest absolute Gasteiger partial charge is 0.487 e. The number of fused-ring (bicyclic) bond motifs is 2. The zero-order valence-electron chi connectivity index (χ0n) is 16.6. The minimum Gasteiger partial charge on any atom is -0.487 e. The Morgan fingerprint density at radius 1 is 1.24 bits per heavy atom. The van der Waals surface area contributed by atoms with Crippen LogP contribution in [-0.2, 0) is 17.6 Å². The lowest BCUT2D eigenvalue weighted by Crippen LogP contribution is -2.32.